The zero-order valence-corrected chi connectivity index (χ0v) is 15.6. The van der Waals surface area contributed by atoms with Crippen LogP contribution >= 0.6 is 23.4 Å². The molecule has 0 unspecified atom stereocenters. The van der Waals surface area contributed by atoms with Crippen molar-refractivity contribution in [1.29, 1.82) is 0 Å². The predicted octanol–water partition coefficient (Wildman–Crippen LogP) is 2.63. The Morgan fingerprint density at radius 2 is 2.04 bits per heavy atom. The molecule has 1 spiro atoms. The minimum Gasteiger partial charge on any atom is -0.480 e. The molecule has 3 rings (SSSR count). The van der Waals surface area contributed by atoms with E-state index in [4.69, 9.17) is 11.6 Å². The van der Waals surface area contributed by atoms with Crippen molar-refractivity contribution in [2.24, 2.45) is 5.41 Å². The van der Waals surface area contributed by atoms with Crippen molar-refractivity contribution in [3.63, 3.8) is 0 Å². The first-order chi connectivity index (χ1) is 12.0. The van der Waals surface area contributed by atoms with E-state index in [2.05, 4.69) is 5.32 Å². The van der Waals surface area contributed by atoms with E-state index in [0.29, 0.717) is 23.7 Å². The Morgan fingerprint density at radius 1 is 1.32 bits per heavy atom. The fourth-order valence-corrected chi connectivity index (χ4v) is 5.00. The average molecular weight is 383 g/mol. The van der Waals surface area contributed by atoms with Crippen molar-refractivity contribution in [2.45, 2.75) is 31.1 Å². The molecule has 0 radical (unpaired) electrons. The van der Waals surface area contributed by atoms with Crippen LogP contribution in [0.15, 0.2) is 24.3 Å². The third-order valence-corrected chi connectivity index (χ3v) is 6.55. The molecule has 7 heteroatoms. The minimum absolute atomic E-state index is 0.0304. The SMILES string of the molecule is O=C(O)[C@@H]1CC2(CCNCC2)CN1C(=O)CSCc1ccccc1Cl. The summed E-state index contributed by atoms with van der Waals surface area (Å²) in [5, 5.41) is 13.6. The molecule has 2 aliphatic heterocycles. The fourth-order valence-electron chi connectivity index (χ4n) is 3.81. The van der Waals surface area contributed by atoms with Gasteiger partial charge in [-0.1, -0.05) is 29.8 Å². The summed E-state index contributed by atoms with van der Waals surface area (Å²) in [6.45, 7) is 2.36. The molecule has 2 saturated heterocycles. The van der Waals surface area contributed by atoms with Gasteiger partial charge in [-0.3, -0.25) is 4.79 Å². The number of halogens is 1. The number of piperidine rings is 1. The largest absolute Gasteiger partial charge is 0.480 e. The molecule has 0 bridgehead atoms. The van der Waals surface area contributed by atoms with Crippen molar-refractivity contribution in [1.82, 2.24) is 10.2 Å². The number of rotatable bonds is 5. The molecule has 2 fully saturated rings. The van der Waals surface area contributed by atoms with Gasteiger partial charge in [0, 0.05) is 17.3 Å². The van der Waals surface area contributed by atoms with Gasteiger partial charge in [0.05, 0.1) is 5.75 Å². The molecule has 0 saturated carbocycles. The van der Waals surface area contributed by atoms with Crippen LogP contribution in [0.1, 0.15) is 24.8 Å². The maximum Gasteiger partial charge on any atom is 0.326 e. The highest BCUT2D eigenvalue weighted by Crippen LogP contribution is 2.42. The van der Waals surface area contributed by atoms with Crippen LogP contribution in [-0.2, 0) is 15.3 Å². The molecule has 25 heavy (non-hydrogen) atoms. The first-order valence-corrected chi connectivity index (χ1v) is 10.1. The lowest BCUT2D eigenvalue weighted by Crippen LogP contribution is -2.42. The van der Waals surface area contributed by atoms with Gasteiger partial charge < -0.3 is 15.3 Å². The van der Waals surface area contributed by atoms with E-state index in [1.54, 1.807) is 4.90 Å². The normalized spacial score (nSPS) is 22.3. The lowest BCUT2D eigenvalue weighted by molar-refractivity contribution is -0.147. The Morgan fingerprint density at radius 3 is 2.72 bits per heavy atom. The molecular weight excluding hydrogens is 360 g/mol. The number of carbonyl (C=O) groups excluding carboxylic acids is 1. The number of benzene rings is 1. The number of carboxylic acid groups (broad SMARTS) is 1. The van der Waals surface area contributed by atoms with Crippen LogP contribution in [-0.4, -0.2) is 53.3 Å². The summed E-state index contributed by atoms with van der Waals surface area (Å²) in [5.74, 6) is -0.0465. The van der Waals surface area contributed by atoms with Crippen molar-refractivity contribution < 1.29 is 14.7 Å². The van der Waals surface area contributed by atoms with Gasteiger partial charge in [-0.05, 0) is 49.4 Å². The summed E-state index contributed by atoms with van der Waals surface area (Å²) in [5.41, 5.74) is 0.963. The molecule has 0 aliphatic carbocycles. The van der Waals surface area contributed by atoms with Gasteiger partial charge in [0.25, 0.3) is 0 Å². The zero-order chi connectivity index (χ0) is 17.9. The Labute approximate surface area is 157 Å². The number of aliphatic carboxylic acids is 1. The summed E-state index contributed by atoms with van der Waals surface area (Å²) in [6.07, 6.45) is 2.45. The van der Waals surface area contributed by atoms with Gasteiger partial charge in [-0.15, -0.1) is 11.8 Å². The van der Waals surface area contributed by atoms with E-state index < -0.39 is 12.0 Å². The molecular formula is C18H23ClN2O3S. The van der Waals surface area contributed by atoms with Crippen molar-refractivity contribution in [3.05, 3.63) is 34.9 Å². The average Bonchev–Trinajstić information content (AvgIpc) is 2.96. The fraction of sp³-hybridized carbons (Fsp3) is 0.556. The van der Waals surface area contributed by atoms with E-state index in [1.165, 1.54) is 11.8 Å². The second-order valence-corrected chi connectivity index (χ2v) is 8.31. The highest BCUT2D eigenvalue weighted by molar-refractivity contribution is 7.99. The molecule has 0 aromatic heterocycles. The Bertz CT molecular complexity index is 649. The van der Waals surface area contributed by atoms with Gasteiger partial charge in [0.1, 0.15) is 6.04 Å². The number of nitrogens with one attached hydrogen (secondary N) is 1. The van der Waals surface area contributed by atoms with Crippen LogP contribution in [0.3, 0.4) is 0 Å². The van der Waals surface area contributed by atoms with Gasteiger partial charge in [0.2, 0.25) is 5.91 Å². The minimum atomic E-state index is -0.889. The van der Waals surface area contributed by atoms with Crippen LogP contribution in [0, 0.1) is 5.41 Å². The molecule has 5 nitrogen and oxygen atoms in total. The number of carbonyl (C=O) groups is 2. The van der Waals surface area contributed by atoms with E-state index >= 15 is 0 Å². The lowest BCUT2D eigenvalue weighted by Gasteiger charge is -2.33. The zero-order valence-electron chi connectivity index (χ0n) is 14.0. The van der Waals surface area contributed by atoms with Gasteiger partial charge in [0.15, 0.2) is 0 Å². The highest BCUT2D eigenvalue weighted by Gasteiger charge is 2.48. The topological polar surface area (TPSA) is 69.6 Å². The molecule has 2 N–H and O–H groups in total. The van der Waals surface area contributed by atoms with Crippen LogP contribution < -0.4 is 5.32 Å². The summed E-state index contributed by atoms with van der Waals surface area (Å²) in [6, 6.07) is 6.89. The maximum atomic E-state index is 12.7. The first-order valence-electron chi connectivity index (χ1n) is 8.55. The molecule has 1 aromatic rings. The quantitative estimate of drug-likeness (QED) is 0.819. The Kier molecular flexibility index (Phi) is 5.92. The van der Waals surface area contributed by atoms with Gasteiger partial charge >= 0.3 is 5.97 Å². The molecule has 136 valence electrons. The Hall–Kier alpha value is -1.24. The second kappa shape index (κ2) is 7.98. The second-order valence-electron chi connectivity index (χ2n) is 6.91. The number of carboxylic acids is 1. The molecule has 1 atom stereocenters. The van der Waals surface area contributed by atoms with E-state index in [9.17, 15) is 14.7 Å². The summed E-state index contributed by atoms with van der Waals surface area (Å²) < 4.78 is 0. The van der Waals surface area contributed by atoms with Crippen LogP contribution in [0.4, 0.5) is 0 Å². The number of thioether (sulfide) groups is 1. The van der Waals surface area contributed by atoms with Crippen LogP contribution in [0.25, 0.3) is 0 Å². The number of hydrogen-bond acceptors (Lipinski definition) is 4. The van der Waals surface area contributed by atoms with Crippen molar-refractivity contribution >= 4 is 35.2 Å². The summed E-state index contributed by atoms with van der Waals surface area (Å²) in [7, 11) is 0. The summed E-state index contributed by atoms with van der Waals surface area (Å²) >= 11 is 7.62. The third kappa shape index (κ3) is 4.30. The van der Waals surface area contributed by atoms with E-state index in [-0.39, 0.29) is 17.1 Å². The smallest absolute Gasteiger partial charge is 0.326 e. The highest BCUT2D eigenvalue weighted by atomic mass is 35.5. The van der Waals surface area contributed by atoms with E-state index in [0.717, 1.165) is 31.5 Å². The molecule has 1 aromatic carbocycles. The third-order valence-electron chi connectivity index (χ3n) is 5.22. The van der Waals surface area contributed by atoms with Crippen LogP contribution in [0.5, 0.6) is 0 Å². The number of nitrogens with zero attached hydrogens (tertiary/aromatic N) is 1. The van der Waals surface area contributed by atoms with Gasteiger partial charge in [-0.2, -0.15) is 0 Å². The molecule has 2 aliphatic rings. The lowest BCUT2D eigenvalue weighted by atomic mass is 9.77. The molecule has 2 heterocycles. The van der Waals surface area contributed by atoms with Crippen LogP contribution in [0.2, 0.25) is 5.02 Å². The standard InChI is InChI=1S/C18H23ClN2O3S/c19-14-4-2-1-3-13(14)10-25-11-16(22)21-12-18(5-7-20-8-6-18)9-15(21)17(23)24/h1-4,15,20H,5-12H2,(H,23,24)/t15-/m0/s1. The van der Waals surface area contributed by atoms with Crippen molar-refractivity contribution in [2.75, 3.05) is 25.4 Å². The maximum absolute atomic E-state index is 12.7. The van der Waals surface area contributed by atoms with Crippen molar-refractivity contribution in [3.8, 4) is 0 Å². The number of hydrogen-bond donors (Lipinski definition) is 2. The monoisotopic (exact) mass is 382 g/mol. The van der Waals surface area contributed by atoms with Gasteiger partial charge in [-0.25, -0.2) is 4.79 Å². The van der Waals surface area contributed by atoms with E-state index in [1.807, 2.05) is 24.3 Å². The number of amides is 1. The Balaban J connectivity index is 1.59. The summed E-state index contributed by atoms with van der Waals surface area (Å²) in [4.78, 5) is 25.9. The first kappa shape index (κ1) is 18.5. The predicted molar refractivity (Wildman–Crippen MR) is 99.9 cm³/mol. The number of likely N-dealkylation sites (tertiary alicyclic amines) is 1. The molecule has 1 amide bonds.